The normalized spacial score (nSPS) is 17.7. The minimum Gasteiger partial charge on any atom is -0.461 e. The summed E-state index contributed by atoms with van der Waals surface area (Å²) in [6.45, 7) is 4.19. The van der Waals surface area contributed by atoms with Gasteiger partial charge in [0, 0.05) is 55.9 Å². The van der Waals surface area contributed by atoms with Gasteiger partial charge in [0.15, 0.2) is 0 Å². The molecule has 0 spiro atoms. The molecule has 2 aromatic rings. The Bertz CT molecular complexity index is 875. The summed E-state index contributed by atoms with van der Waals surface area (Å²) in [6.07, 6.45) is 6.73. The Morgan fingerprint density at radius 2 is 1.83 bits per heavy atom. The Hall–Kier alpha value is -2.30. The highest BCUT2D eigenvalue weighted by atomic mass is 16.3. The van der Waals surface area contributed by atoms with Crippen LogP contribution in [-0.2, 0) is 22.6 Å². The summed E-state index contributed by atoms with van der Waals surface area (Å²) >= 11 is 0. The van der Waals surface area contributed by atoms with E-state index < -0.39 is 0 Å². The monoisotopic (exact) mass is 396 g/mol. The Morgan fingerprint density at radius 1 is 1.10 bits per heavy atom. The first kappa shape index (κ1) is 20.0. The van der Waals surface area contributed by atoms with E-state index in [0.29, 0.717) is 12.5 Å². The van der Waals surface area contributed by atoms with Gasteiger partial charge in [-0.2, -0.15) is 0 Å². The van der Waals surface area contributed by atoms with E-state index in [2.05, 4.69) is 13.0 Å². The van der Waals surface area contributed by atoms with Crippen molar-refractivity contribution >= 4 is 22.8 Å². The minimum absolute atomic E-state index is 0.0144. The highest BCUT2D eigenvalue weighted by Crippen LogP contribution is 2.33. The third-order valence-corrected chi connectivity index (χ3v) is 6.39. The molecule has 1 saturated carbocycles. The number of para-hydroxylation sites is 1. The van der Waals surface area contributed by atoms with Crippen LogP contribution in [0.4, 0.5) is 0 Å². The van der Waals surface area contributed by atoms with Crippen molar-refractivity contribution in [3.8, 4) is 0 Å². The standard InChI is InChI=1S/C24H32N2O3/c1-3-4-8-22-20(19-7-5-6-9-21(19)29-22)16-25(2)23(27)18-12-14-26(15-13-18)24(28)17-10-11-17/h5-7,9,17-18H,3-4,8,10-16H2,1-2H3. The Kier molecular flexibility index (Phi) is 5.93. The number of amides is 2. The van der Waals surface area contributed by atoms with E-state index in [1.807, 2.05) is 35.0 Å². The largest absolute Gasteiger partial charge is 0.461 e. The summed E-state index contributed by atoms with van der Waals surface area (Å²) in [5.74, 6) is 1.78. The first-order valence-corrected chi connectivity index (χ1v) is 11.1. The minimum atomic E-state index is 0.0144. The fourth-order valence-electron chi connectivity index (χ4n) is 4.42. The summed E-state index contributed by atoms with van der Waals surface area (Å²) in [6, 6.07) is 8.11. The summed E-state index contributed by atoms with van der Waals surface area (Å²) in [5.41, 5.74) is 2.05. The van der Waals surface area contributed by atoms with Crippen molar-refractivity contribution in [1.29, 1.82) is 0 Å². The van der Waals surface area contributed by atoms with E-state index in [4.69, 9.17) is 4.42 Å². The Labute approximate surface area is 173 Å². The summed E-state index contributed by atoms with van der Waals surface area (Å²) in [5, 5.41) is 1.11. The van der Waals surface area contributed by atoms with Crippen molar-refractivity contribution in [2.45, 2.75) is 58.4 Å². The molecule has 1 aromatic carbocycles. The molecule has 5 heteroatoms. The number of hydrogen-bond acceptors (Lipinski definition) is 3. The first-order chi connectivity index (χ1) is 14.1. The lowest BCUT2D eigenvalue weighted by Gasteiger charge is -2.33. The third-order valence-electron chi connectivity index (χ3n) is 6.39. The second-order valence-corrected chi connectivity index (χ2v) is 8.67. The van der Waals surface area contributed by atoms with Crippen LogP contribution >= 0.6 is 0 Å². The van der Waals surface area contributed by atoms with Crippen LogP contribution in [0.3, 0.4) is 0 Å². The van der Waals surface area contributed by atoms with Gasteiger partial charge in [0.05, 0.1) is 0 Å². The maximum atomic E-state index is 13.1. The molecule has 0 unspecified atom stereocenters. The van der Waals surface area contributed by atoms with Gasteiger partial charge in [-0.1, -0.05) is 31.5 Å². The van der Waals surface area contributed by atoms with Gasteiger partial charge in [0.2, 0.25) is 11.8 Å². The SMILES string of the molecule is CCCCc1oc2ccccc2c1CN(C)C(=O)C1CCN(C(=O)C2CC2)CC1. The molecule has 2 amide bonds. The molecular formula is C24H32N2O3. The predicted molar refractivity (Wildman–Crippen MR) is 113 cm³/mol. The zero-order chi connectivity index (χ0) is 20.4. The predicted octanol–water partition coefficient (Wildman–Crippen LogP) is 4.38. The van der Waals surface area contributed by atoms with Crippen LogP contribution in [0.5, 0.6) is 0 Å². The molecule has 1 aromatic heterocycles. The van der Waals surface area contributed by atoms with Crippen LogP contribution in [0.1, 0.15) is 56.8 Å². The molecule has 5 nitrogen and oxygen atoms in total. The lowest BCUT2D eigenvalue weighted by molar-refractivity contribution is -0.140. The summed E-state index contributed by atoms with van der Waals surface area (Å²) in [7, 11) is 1.90. The molecule has 0 N–H and O–H groups in total. The van der Waals surface area contributed by atoms with E-state index in [1.165, 1.54) is 0 Å². The van der Waals surface area contributed by atoms with Crippen molar-refractivity contribution in [1.82, 2.24) is 9.80 Å². The topological polar surface area (TPSA) is 53.8 Å². The van der Waals surface area contributed by atoms with Crippen LogP contribution in [0.15, 0.2) is 28.7 Å². The molecule has 2 fully saturated rings. The molecule has 156 valence electrons. The average molecular weight is 397 g/mol. The highest BCUT2D eigenvalue weighted by molar-refractivity contribution is 5.84. The van der Waals surface area contributed by atoms with Crippen molar-refractivity contribution in [2.24, 2.45) is 11.8 Å². The number of likely N-dealkylation sites (tertiary alicyclic amines) is 1. The Balaban J connectivity index is 1.41. The number of carbonyl (C=O) groups is 2. The second-order valence-electron chi connectivity index (χ2n) is 8.67. The number of piperidine rings is 1. The lowest BCUT2D eigenvalue weighted by atomic mass is 9.94. The van der Waals surface area contributed by atoms with Crippen molar-refractivity contribution in [3.63, 3.8) is 0 Å². The van der Waals surface area contributed by atoms with E-state index in [-0.39, 0.29) is 17.7 Å². The molecule has 0 bridgehead atoms. The molecule has 2 aliphatic rings. The van der Waals surface area contributed by atoms with Crippen LogP contribution in [-0.4, -0.2) is 41.8 Å². The molecule has 1 aliphatic carbocycles. The zero-order valence-corrected chi connectivity index (χ0v) is 17.7. The molecular weight excluding hydrogens is 364 g/mol. The lowest BCUT2D eigenvalue weighted by Crippen LogP contribution is -2.43. The maximum absolute atomic E-state index is 13.1. The quantitative estimate of drug-likeness (QED) is 0.698. The Morgan fingerprint density at radius 3 is 2.52 bits per heavy atom. The number of aryl methyl sites for hydroxylation is 1. The van der Waals surface area contributed by atoms with E-state index >= 15 is 0 Å². The van der Waals surface area contributed by atoms with Gasteiger partial charge >= 0.3 is 0 Å². The number of rotatable bonds is 7. The number of carbonyl (C=O) groups excluding carboxylic acids is 2. The number of nitrogens with zero attached hydrogens (tertiary/aromatic N) is 2. The van der Waals surface area contributed by atoms with Gasteiger partial charge in [0.25, 0.3) is 0 Å². The smallest absolute Gasteiger partial charge is 0.225 e. The molecule has 2 heterocycles. The highest BCUT2D eigenvalue weighted by Gasteiger charge is 2.36. The molecule has 0 radical (unpaired) electrons. The third kappa shape index (κ3) is 4.34. The van der Waals surface area contributed by atoms with Crippen LogP contribution in [0.2, 0.25) is 0 Å². The van der Waals surface area contributed by atoms with E-state index in [9.17, 15) is 9.59 Å². The number of hydrogen-bond donors (Lipinski definition) is 0. The number of benzene rings is 1. The zero-order valence-electron chi connectivity index (χ0n) is 17.7. The first-order valence-electron chi connectivity index (χ1n) is 11.1. The van der Waals surface area contributed by atoms with Gasteiger partial charge in [-0.05, 0) is 38.2 Å². The molecule has 1 aliphatic heterocycles. The van der Waals surface area contributed by atoms with E-state index in [0.717, 1.165) is 80.3 Å². The molecule has 0 atom stereocenters. The van der Waals surface area contributed by atoms with Gasteiger partial charge in [0.1, 0.15) is 11.3 Å². The second kappa shape index (κ2) is 8.60. The number of furan rings is 1. The fourth-order valence-corrected chi connectivity index (χ4v) is 4.42. The van der Waals surface area contributed by atoms with Gasteiger partial charge in [-0.15, -0.1) is 0 Å². The summed E-state index contributed by atoms with van der Waals surface area (Å²) < 4.78 is 6.11. The van der Waals surface area contributed by atoms with Crippen molar-refractivity contribution in [3.05, 3.63) is 35.6 Å². The number of fused-ring (bicyclic) bond motifs is 1. The van der Waals surface area contributed by atoms with Crippen molar-refractivity contribution in [2.75, 3.05) is 20.1 Å². The van der Waals surface area contributed by atoms with Crippen LogP contribution < -0.4 is 0 Å². The maximum Gasteiger partial charge on any atom is 0.225 e. The number of unbranched alkanes of at least 4 members (excludes halogenated alkanes) is 1. The molecule has 29 heavy (non-hydrogen) atoms. The van der Waals surface area contributed by atoms with Crippen molar-refractivity contribution < 1.29 is 14.0 Å². The van der Waals surface area contributed by atoms with Gasteiger partial charge < -0.3 is 14.2 Å². The average Bonchev–Trinajstić information content (AvgIpc) is 3.55. The van der Waals surface area contributed by atoms with Crippen LogP contribution in [0, 0.1) is 11.8 Å². The van der Waals surface area contributed by atoms with Crippen LogP contribution in [0.25, 0.3) is 11.0 Å². The summed E-state index contributed by atoms with van der Waals surface area (Å²) in [4.78, 5) is 29.2. The fraction of sp³-hybridized carbons (Fsp3) is 0.583. The van der Waals surface area contributed by atoms with Gasteiger partial charge in [-0.25, -0.2) is 0 Å². The molecule has 4 rings (SSSR count). The molecule has 1 saturated heterocycles. The van der Waals surface area contributed by atoms with E-state index in [1.54, 1.807) is 0 Å². The van der Waals surface area contributed by atoms with Gasteiger partial charge in [-0.3, -0.25) is 9.59 Å².